The normalized spacial score (nSPS) is 26.2. The molecule has 0 bridgehead atoms. The van der Waals surface area contributed by atoms with Crippen molar-refractivity contribution in [3.63, 3.8) is 0 Å². The number of benzene rings is 1. The van der Waals surface area contributed by atoms with E-state index in [2.05, 4.69) is 37.9 Å². The molecule has 3 nitrogen and oxygen atoms in total. The Bertz CT molecular complexity index is 528. The van der Waals surface area contributed by atoms with E-state index < -0.39 is 0 Å². The SMILES string of the molecule is COc1cc2c(c(OC)c1OC)C1C(CC2)C1(Br)Br. The fourth-order valence-electron chi connectivity index (χ4n) is 3.23. The van der Waals surface area contributed by atoms with Crippen molar-refractivity contribution in [2.45, 2.75) is 22.0 Å². The van der Waals surface area contributed by atoms with E-state index in [0.717, 1.165) is 17.9 Å². The van der Waals surface area contributed by atoms with E-state index in [1.165, 1.54) is 17.5 Å². The number of methoxy groups -OCH3 is 3. The maximum atomic E-state index is 5.62. The molecular weight excluding hydrogens is 376 g/mol. The van der Waals surface area contributed by atoms with E-state index in [4.69, 9.17) is 14.2 Å². The van der Waals surface area contributed by atoms with Gasteiger partial charge < -0.3 is 14.2 Å². The van der Waals surface area contributed by atoms with Crippen molar-refractivity contribution in [2.75, 3.05) is 21.3 Å². The Kier molecular flexibility index (Phi) is 3.25. The first kappa shape index (κ1) is 13.6. The zero-order valence-corrected chi connectivity index (χ0v) is 14.3. The predicted molar refractivity (Wildman–Crippen MR) is 81.2 cm³/mol. The summed E-state index contributed by atoms with van der Waals surface area (Å²) < 4.78 is 16.5. The first-order valence-corrected chi connectivity index (χ1v) is 7.84. The molecule has 0 heterocycles. The van der Waals surface area contributed by atoms with Gasteiger partial charge in [0.25, 0.3) is 0 Å². The van der Waals surface area contributed by atoms with Crippen LogP contribution in [0.3, 0.4) is 0 Å². The van der Waals surface area contributed by atoms with Crippen LogP contribution in [0.15, 0.2) is 6.07 Å². The first-order chi connectivity index (χ1) is 9.06. The largest absolute Gasteiger partial charge is 0.493 e. The van der Waals surface area contributed by atoms with Gasteiger partial charge >= 0.3 is 0 Å². The molecule has 0 aliphatic heterocycles. The maximum absolute atomic E-state index is 5.62. The Hall–Kier alpha value is -0.420. The molecule has 0 amide bonds. The molecule has 2 aliphatic carbocycles. The van der Waals surface area contributed by atoms with Gasteiger partial charge in [-0.25, -0.2) is 0 Å². The quantitative estimate of drug-likeness (QED) is 0.732. The van der Waals surface area contributed by atoms with Gasteiger partial charge in [-0.2, -0.15) is 0 Å². The highest BCUT2D eigenvalue weighted by atomic mass is 79.9. The fraction of sp³-hybridized carbons (Fsp3) is 0.571. The minimum atomic E-state index is 0.0120. The lowest BCUT2D eigenvalue weighted by Gasteiger charge is -2.22. The summed E-state index contributed by atoms with van der Waals surface area (Å²) in [4.78, 5) is 0. The van der Waals surface area contributed by atoms with Crippen molar-refractivity contribution in [1.29, 1.82) is 0 Å². The Morgan fingerprint density at radius 3 is 2.37 bits per heavy atom. The lowest BCUT2D eigenvalue weighted by molar-refractivity contribution is 0.320. The smallest absolute Gasteiger partial charge is 0.203 e. The van der Waals surface area contributed by atoms with E-state index in [1.54, 1.807) is 21.3 Å². The van der Waals surface area contributed by atoms with Crippen LogP contribution in [0.5, 0.6) is 17.2 Å². The molecule has 2 atom stereocenters. The molecule has 2 aliphatic rings. The third-order valence-electron chi connectivity index (χ3n) is 4.19. The third-order valence-corrected chi connectivity index (χ3v) is 6.35. The molecule has 19 heavy (non-hydrogen) atoms. The van der Waals surface area contributed by atoms with Crippen molar-refractivity contribution in [2.24, 2.45) is 5.92 Å². The maximum Gasteiger partial charge on any atom is 0.203 e. The van der Waals surface area contributed by atoms with Crippen LogP contribution in [-0.4, -0.2) is 24.6 Å². The minimum Gasteiger partial charge on any atom is -0.493 e. The van der Waals surface area contributed by atoms with Gasteiger partial charge in [0, 0.05) is 11.5 Å². The zero-order chi connectivity index (χ0) is 13.8. The molecule has 1 aromatic rings. The van der Waals surface area contributed by atoms with E-state index >= 15 is 0 Å². The summed E-state index contributed by atoms with van der Waals surface area (Å²) in [7, 11) is 4.99. The van der Waals surface area contributed by atoms with Crippen LogP contribution in [0.25, 0.3) is 0 Å². The van der Waals surface area contributed by atoms with Gasteiger partial charge in [0.15, 0.2) is 11.5 Å². The van der Waals surface area contributed by atoms with Crippen molar-refractivity contribution >= 4 is 31.9 Å². The van der Waals surface area contributed by atoms with Crippen LogP contribution >= 0.6 is 31.9 Å². The number of hydrogen-bond acceptors (Lipinski definition) is 3. The van der Waals surface area contributed by atoms with Crippen LogP contribution in [0.4, 0.5) is 0 Å². The van der Waals surface area contributed by atoms with Gasteiger partial charge in [-0.15, -0.1) is 0 Å². The van der Waals surface area contributed by atoms with Crippen LogP contribution in [-0.2, 0) is 6.42 Å². The molecule has 1 aromatic carbocycles. The van der Waals surface area contributed by atoms with Crippen molar-refractivity contribution in [1.82, 2.24) is 0 Å². The number of fused-ring (bicyclic) bond motifs is 3. The summed E-state index contributed by atoms with van der Waals surface area (Å²) in [6.45, 7) is 0. The number of alkyl halides is 2. The monoisotopic (exact) mass is 390 g/mol. The molecule has 0 saturated heterocycles. The Morgan fingerprint density at radius 2 is 1.79 bits per heavy atom. The van der Waals surface area contributed by atoms with Crippen LogP contribution < -0.4 is 14.2 Å². The molecule has 2 unspecified atom stereocenters. The van der Waals surface area contributed by atoms with Crippen LogP contribution in [0.2, 0.25) is 0 Å². The number of ether oxygens (including phenoxy) is 3. The van der Waals surface area contributed by atoms with E-state index in [-0.39, 0.29) is 3.23 Å². The van der Waals surface area contributed by atoms with E-state index in [9.17, 15) is 0 Å². The van der Waals surface area contributed by atoms with Crippen molar-refractivity contribution in [3.8, 4) is 17.2 Å². The third kappa shape index (κ3) is 1.81. The number of aryl methyl sites for hydroxylation is 1. The van der Waals surface area contributed by atoms with Crippen molar-refractivity contribution in [3.05, 3.63) is 17.2 Å². The summed E-state index contributed by atoms with van der Waals surface area (Å²) in [5.74, 6) is 3.30. The van der Waals surface area contributed by atoms with Crippen molar-refractivity contribution < 1.29 is 14.2 Å². The Balaban J connectivity index is 2.20. The molecular formula is C14H16Br2O3. The highest BCUT2D eigenvalue weighted by molar-refractivity contribution is 9.25. The summed E-state index contributed by atoms with van der Waals surface area (Å²) in [5, 5.41) is 0. The van der Waals surface area contributed by atoms with Gasteiger partial charge in [0.05, 0.1) is 24.6 Å². The summed E-state index contributed by atoms with van der Waals surface area (Å²) >= 11 is 7.57. The second kappa shape index (κ2) is 4.55. The van der Waals surface area contributed by atoms with Gasteiger partial charge in [-0.3, -0.25) is 0 Å². The molecule has 0 radical (unpaired) electrons. The number of halogens is 2. The molecule has 3 rings (SSSR count). The summed E-state index contributed by atoms with van der Waals surface area (Å²) in [6.07, 6.45) is 2.22. The second-order valence-electron chi connectivity index (χ2n) is 5.02. The predicted octanol–water partition coefficient (Wildman–Crippen LogP) is 3.86. The summed E-state index contributed by atoms with van der Waals surface area (Å²) in [6, 6.07) is 2.08. The van der Waals surface area contributed by atoms with Gasteiger partial charge in [-0.05, 0) is 30.4 Å². The molecule has 1 saturated carbocycles. The van der Waals surface area contributed by atoms with Gasteiger partial charge in [-0.1, -0.05) is 31.9 Å². The number of hydrogen-bond donors (Lipinski definition) is 0. The van der Waals surface area contributed by atoms with E-state index in [1.807, 2.05) is 0 Å². The van der Waals surface area contributed by atoms with Crippen LogP contribution in [0.1, 0.15) is 23.5 Å². The minimum absolute atomic E-state index is 0.0120. The highest BCUT2D eigenvalue weighted by Crippen LogP contribution is 2.73. The average Bonchev–Trinajstić information content (AvgIpc) is 2.98. The topological polar surface area (TPSA) is 27.7 Å². The zero-order valence-electron chi connectivity index (χ0n) is 11.1. The first-order valence-electron chi connectivity index (χ1n) is 6.25. The lowest BCUT2D eigenvalue weighted by atomic mass is 9.90. The number of rotatable bonds is 3. The van der Waals surface area contributed by atoms with E-state index in [0.29, 0.717) is 17.6 Å². The molecule has 0 spiro atoms. The standard InChI is InChI=1S/C14H16Br2O3/c1-17-9-6-7-4-5-8-11(14(8,15)16)10(7)13(19-3)12(9)18-2/h6,8,11H,4-5H2,1-3H3. The Morgan fingerprint density at radius 1 is 1.11 bits per heavy atom. The van der Waals surface area contributed by atoms with Gasteiger partial charge in [0.1, 0.15) is 0 Å². The summed E-state index contributed by atoms with van der Waals surface area (Å²) in [5.41, 5.74) is 2.56. The molecule has 0 aromatic heterocycles. The second-order valence-corrected chi connectivity index (χ2v) is 8.70. The highest BCUT2D eigenvalue weighted by Gasteiger charge is 2.65. The molecule has 104 valence electrons. The molecule has 1 fully saturated rings. The lowest BCUT2D eigenvalue weighted by Crippen LogP contribution is -2.07. The Labute approximate surface area is 129 Å². The molecule has 5 heteroatoms. The fourth-order valence-corrected chi connectivity index (χ4v) is 5.05. The van der Waals surface area contributed by atoms with Crippen LogP contribution in [0, 0.1) is 5.92 Å². The average molecular weight is 392 g/mol. The molecule has 0 N–H and O–H groups in total. The van der Waals surface area contributed by atoms with Gasteiger partial charge in [0.2, 0.25) is 5.75 Å².